The van der Waals surface area contributed by atoms with E-state index in [1.165, 1.54) is 9.13 Å². The van der Waals surface area contributed by atoms with Gasteiger partial charge in [0.15, 0.2) is 0 Å². The first-order chi connectivity index (χ1) is 8.72. The van der Waals surface area contributed by atoms with E-state index in [0.717, 1.165) is 25.7 Å². The molecule has 0 aliphatic rings. The second-order valence-electron chi connectivity index (χ2n) is 4.33. The molecule has 19 heavy (non-hydrogen) atoms. The van der Waals surface area contributed by atoms with Crippen LogP contribution in [0.15, 0.2) is 24.3 Å². The van der Waals surface area contributed by atoms with Crippen molar-refractivity contribution in [3.8, 4) is 0 Å². The van der Waals surface area contributed by atoms with Crippen LogP contribution in [-0.4, -0.2) is 19.0 Å². The fourth-order valence-corrected chi connectivity index (χ4v) is 2.10. The van der Waals surface area contributed by atoms with Gasteiger partial charge in [0.1, 0.15) is 0 Å². The highest BCUT2D eigenvalue weighted by molar-refractivity contribution is 14.1. The van der Waals surface area contributed by atoms with Crippen molar-refractivity contribution in [2.24, 2.45) is 5.73 Å². The number of benzene rings is 1. The Balaban J connectivity index is 0.00000324. The second kappa shape index (κ2) is 11.5. The number of amides is 1. The van der Waals surface area contributed by atoms with Crippen LogP contribution < -0.4 is 11.1 Å². The van der Waals surface area contributed by atoms with Gasteiger partial charge in [0.25, 0.3) is 0 Å². The maximum Gasteiger partial charge on any atom is 0.220 e. The highest BCUT2D eigenvalue weighted by Crippen LogP contribution is 2.10. The molecule has 0 saturated heterocycles. The topological polar surface area (TPSA) is 55.1 Å². The molecular weight excluding hydrogens is 375 g/mol. The number of hydrogen-bond donors (Lipinski definition) is 2. The van der Waals surface area contributed by atoms with Gasteiger partial charge in [-0.05, 0) is 59.5 Å². The van der Waals surface area contributed by atoms with E-state index in [9.17, 15) is 4.79 Å². The zero-order valence-corrected chi connectivity index (χ0v) is 14.0. The Labute approximate surface area is 135 Å². The Morgan fingerprint density at radius 3 is 2.47 bits per heavy atom. The number of nitrogens with one attached hydrogen (secondary N) is 1. The summed E-state index contributed by atoms with van der Waals surface area (Å²) in [6, 6.07) is 8.62. The average molecular weight is 397 g/mol. The molecule has 1 aromatic carbocycles. The van der Waals surface area contributed by atoms with Gasteiger partial charge >= 0.3 is 0 Å². The van der Waals surface area contributed by atoms with E-state index < -0.39 is 0 Å². The van der Waals surface area contributed by atoms with Crippen molar-refractivity contribution in [1.29, 1.82) is 0 Å². The van der Waals surface area contributed by atoms with Crippen molar-refractivity contribution in [2.45, 2.75) is 32.1 Å². The molecule has 0 heterocycles. The van der Waals surface area contributed by atoms with E-state index in [1.54, 1.807) is 0 Å². The molecule has 3 N–H and O–H groups in total. The van der Waals surface area contributed by atoms with Crippen LogP contribution in [0.4, 0.5) is 0 Å². The lowest BCUT2D eigenvalue weighted by Crippen LogP contribution is -2.28. The zero-order chi connectivity index (χ0) is 13.2. The quantitative estimate of drug-likeness (QED) is 0.524. The molecule has 1 amide bonds. The van der Waals surface area contributed by atoms with Crippen LogP contribution in [0.1, 0.15) is 31.2 Å². The monoisotopic (exact) mass is 396 g/mol. The van der Waals surface area contributed by atoms with E-state index in [2.05, 4.69) is 52.2 Å². The molecule has 0 atom stereocenters. The molecule has 108 valence electrons. The predicted molar refractivity (Wildman–Crippen MR) is 90.6 cm³/mol. The van der Waals surface area contributed by atoms with Crippen LogP contribution in [0.5, 0.6) is 0 Å². The minimum absolute atomic E-state index is 0. The van der Waals surface area contributed by atoms with Gasteiger partial charge in [0.2, 0.25) is 5.91 Å². The lowest BCUT2D eigenvalue weighted by atomic mass is 10.1. The Kier molecular flexibility index (Phi) is 11.3. The first kappa shape index (κ1) is 18.7. The third kappa shape index (κ3) is 9.24. The number of halogens is 2. The Hall–Kier alpha value is -0.330. The van der Waals surface area contributed by atoms with Gasteiger partial charge in [0, 0.05) is 23.1 Å². The van der Waals surface area contributed by atoms with Crippen molar-refractivity contribution < 1.29 is 4.79 Å². The fraction of sp³-hybridized carbons (Fsp3) is 0.500. The molecule has 0 spiro atoms. The minimum atomic E-state index is 0. The van der Waals surface area contributed by atoms with Gasteiger partial charge < -0.3 is 11.1 Å². The first-order valence-electron chi connectivity index (χ1n) is 6.43. The van der Waals surface area contributed by atoms with Crippen molar-refractivity contribution in [3.05, 3.63) is 33.4 Å². The van der Waals surface area contributed by atoms with Gasteiger partial charge in [-0.3, -0.25) is 4.79 Å². The van der Waals surface area contributed by atoms with Crippen LogP contribution in [0, 0.1) is 3.57 Å². The zero-order valence-electron chi connectivity index (χ0n) is 11.0. The van der Waals surface area contributed by atoms with Crippen LogP contribution in [0.25, 0.3) is 0 Å². The van der Waals surface area contributed by atoms with E-state index in [0.29, 0.717) is 19.5 Å². The molecule has 1 rings (SSSR count). The Morgan fingerprint density at radius 2 is 1.84 bits per heavy atom. The van der Waals surface area contributed by atoms with Crippen LogP contribution >= 0.6 is 35.0 Å². The minimum Gasteiger partial charge on any atom is -0.355 e. The number of hydrogen-bond acceptors (Lipinski definition) is 2. The summed E-state index contributed by atoms with van der Waals surface area (Å²) < 4.78 is 1.27. The molecule has 0 radical (unpaired) electrons. The number of carbonyl (C=O) groups is 1. The number of carbonyl (C=O) groups excluding carboxylic acids is 1. The number of aryl methyl sites for hydroxylation is 1. The predicted octanol–water partition coefficient (Wildman–Crippen LogP) is 2.89. The normalized spacial score (nSPS) is 9.79. The molecule has 0 aromatic heterocycles. The summed E-state index contributed by atoms with van der Waals surface area (Å²) in [6.45, 7) is 1.10. The molecule has 1 aromatic rings. The standard InChI is InChI=1S/C14H21IN2O.ClH/c15-13-8-6-12(7-9-13)4-2-1-3-5-14(18)17-11-10-16;/h6-9H,1-5,10-11,16H2,(H,17,18);1H. The summed E-state index contributed by atoms with van der Waals surface area (Å²) in [5.74, 6) is 0.120. The molecule has 5 heteroatoms. The maximum atomic E-state index is 11.3. The lowest BCUT2D eigenvalue weighted by molar-refractivity contribution is -0.121. The summed E-state index contributed by atoms with van der Waals surface area (Å²) in [4.78, 5) is 11.3. The summed E-state index contributed by atoms with van der Waals surface area (Å²) in [6.07, 6.45) is 4.92. The van der Waals surface area contributed by atoms with Gasteiger partial charge in [-0.25, -0.2) is 0 Å². The van der Waals surface area contributed by atoms with Crippen LogP contribution in [-0.2, 0) is 11.2 Å². The molecule has 0 aliphatic carbocycles. The highest BCUT2D eigenvalue weighted by atomic mass is 127. The molecule has 0 aliphatic heterocycles. The molecular formula is C14H22ClIN2O. The molecule has 0 fully saturated rings. The van der Waals surface area contributed by atoms with E-state index in [4.69, 9.17) is 5.73 Å². The number of nitrogens with two attached hydrogens (primary N) is 1. The lowest BCUT2D eigenvalue weighted by Gasteiger charge is -2.04. The van der Waals surface area contributed by atoms with Crippen molar-refractivity contribution in [2.75, 3.05) is 13.1 Å². The first-order valence-corrected chi connectivity index (χ1v) is 7.51. The van der Waals surface area contributed by atoms with Crippen molar-refractivity contribution in [1.82, 2.24) is 5.32 Å². The number of rotatable bonds is 8. The summed E-state index contributed by atoms with van der Waals surface area (Å²) in [7, 11) is 0. The third-order valence-corrected chi connectivity index (χ3v) is 3.47. The molecule has 0 bridgehead atoms. The number of unbranched alkanes of at least 4 members (excludes halogenated alkanes) is 2. The SMILES string of the molecule is Cl.NCCNC(=O)CCCCCc1ccc(I)cc1. The van der Waals surface area contributed by atoms with E-state index >= 15 is 0 Å². The van der Waals surface area contributed by atoms with E-state index in [-0.39, 0.29) is 18.3 Å². The second-order valence-corrected chi connectivity index (χ2v) is 5.57. The van der Waals surface area contributed by atoms with Gasteiger partial charge in [-0.15, -0.1) is 12.4 Å². The van der Waals surface area contributed by atoms with Gasteiger partial charge in [-0.1, -0.05) is 18.6 Å². The Morgan fingerprint density at radius 1 is 1.16 bits per heavy atom. The smallest absolute Gasteiger partial charge is 0.220 e. The summed E-state index contributed by atoms with van der Waals surface area (Å²) in [5.41, 5.74) is 6.69. The average Bonchev–Trinajstić information content (AvgIpc) is 2.38. The van der Waals surface area contributed by atoms with Crippen LogP contribution in [0.3, 0.4) is 0 Å². The molecule has 0 unspecified atom stereocenters. The summed E-state index contributed by atoms with van der Waals surface area (Å²) in [5, 5.41) is 2.78. The maximum absolute atomic E-state index is 11.3. The van der Waals surface area contributed by atoms with Gasteiger partial charge in [-0.2, -0.15) is 0 Å². The fourth-order valence-electron chi connectivity index (χ4n) is 1.74. The van der Waals surface area contributed by atoms with Crippen molar-refractivity contribution in [3.63, 3.8) is 0 Å². The third-order valence-electron chi connectivity index (χ3n) is 2.75. The van der Waals surface area contributed by atoms with E-state index in [1.807, 2.05) is 0 Å². The Bertz CT molecular complexity index is 357. The molecule has 3 nitrogen and oxygen atoms in total. The molecule has 0 saturated carbocycles. The highest BCUT2D eigenvalue weighted by Gasteiger charge is 2.00. The van der Waals surface area contributed by atoms with Gasteiger partial charge in [0.05, 0.1) is 0 Å². The van der Waals surface area contributed by atoms with Crippen LogP contribution in [0.2, 0.25) is 0 Å². The van der Waals surface area contributed by atoms with Crippen molar-refractivity contribution >= 4 is 40.9 Å². The summed E-state index contributed by atoms with van der Waals surface area (Å²) >= 11 is 2.31. The largest absolute Gasteiger partial charge is 0.355 e.